The molecule has 4 nitrogen and oxygen atoms in total. The van der Waals surface area contributed by atoms with E-state index in [1.807, 2.05) is 0 Å². The number of hydrogen-bond donors (Lipinski definition) is 0. The lowest BCUT2D eigenvalue weighted by atomic mass is 10.2. The zero-order valence-electron chi connectivity index (χ0n) is 8.75. The molecule has 0 spiro atoms. The lowest BCUT2D eigenvalue weighted by Crippen LogP contribution is -2.13. The summed E-state index contributed by atoms with van der Waals surface area (Å²) in [6.07, 6.45) is -0.119. The second-order valence-corrected chi connectivity index (χ2v) is 4.21. The van der Waals surface area contributed by atoms with Crippen LogP contribution in [0.25, 0.3) is 0 Å². The zero-order valence-corrected chi connectivity index (χ0v) is 10.3. The van der Waals surface area contributed by atoms with Crippen LogP contribution in [0.1, 0.15) is 21.9 Å². The highest BCUT2D eigenvalue weighted by Crippen LogP contribution is 2.25. The van der Waals surface area contributed by atoms with Gasteiger partial charge < -0.3 is 9.15 Å². The Balaban J connectivity index is 3.17. The van der Waals surface area contributed by atoms with Crippen molar-refractivity contribution in [1.29, 1.82) is 0 Å². The molecular weight excluding hydrogens is 255 g/mol. The van der Waals surface area contributed by atoms with Crippen LogP contribution in [-0.4, -0.2) is 13.1 Å². The minimum absolute atomic E-state index is 0.119. The number of ether oxygens (including phenoxy) is 1. The van der Waals surface area contributed by atoms with E-state index < -0.39 is 10.8 Å². The highest BCUT2D eigenvalue weighted by Gasteiger charge is 2.15. The smallest absolute Gasteiger partial charge is 0.313 e. The highest BCUT2D eigenvalue weighted by atomic mass is 35.5. The molecule has 16 heavy (non-hydrogen) atoms. The standard InChI is InChI=1S/C10H10Cl2O4/c1-5-6(13)3-8(10(11)12)16-7(5)4-9(14)15-2/h3,10H,4H2,1-2H3. The van der Waals surface area contributed by atoms with E-state index >= 15 is 0 Å². The maximum Gasteiger partial charge on any atom is 0.313 e. The van der Waals surface area contributed by atoms with Crippen LogP contribution in [0.5, 0.6) is 0 Å². The fourth-order valence-electron chi connectivity index (χ4n) is 1.10. The van der Waals surface area contributed by atoms with Crippen LogP contribution in [0, 0.1) is 6.92 Å². The van der Waals surface area contributed by atoms with Gasteiger partial charge in [-0.1, -0.05) is 23.2 Å². The first-order valence-electron chi connectivity index (χ1n) is 4.44. The molecule has 88 valence electrons. The van der Waals surface area contributed by atoms with Gasteiger partial charge in [0.2, 0.25) is 0 Å². The fraction of sp³-hybridized carbons (Fsp3) is 0.400. The molecule has 0 atom stereocenters. The van der Waals surface area contributed by atoms with Gasteiger partial charge in [-0.25, -0.2) is 0 Å². The van der Waals surface area contributed by atoms with Crippen LogP contribution in [0.2, 0.25) is 0 Å². The van der Waals surface area contributed by atoms with Gasteiger partial charge in [0.15, 0.2) is 10.3 Å². The number of rotatable bonds is 3. The van der Waals surface area contributed by atoms with Gasteiger partial charge in [0.05, 0.1) is 7.11 Å². The van der Waals surface area contributed by atoms with Gasteiger partial charge in [-0.2, -0.15) is 0 Å². The molecular formula is C10H10Cl2O4. The Hall–Kier alpha value is -1.00. The zero-order chi connectivity index (χ0) is 12.3. The summed E-state index contributed by atoms with van der Waals surface area (Å²) in [7, 11) is 1.26. The van der Waals surface area contributed by atoms with Crippen LogP contribution in [-0.2, 0) is 16.0 Å². The van der Waals surface area contributed by atoms with E-state index in [4.69, 9.17) is 27.6 Å². The molecule has 1 aromatic rings. The lowest BCUT2D eigenvalue weighted by molar-refractivity contribution is -0.140. The van der Waals surface area contributed by atoms with Crippen molar-refractivity contribution in [3.63, 3.8) is 0 Å². The molecule has 0 saturated carbocycles. The summed E-state index contributed by atoms with van der Waals surface area (Å²) in [6.45, 7) is 1.56. The molecule has 0 radical (unpaired) electrons. The molecule has 0 aliphatic carbocycles. The van der Waals surface area contributed by atoms with Crippen LogP contribution >= 0.6 is 23.2 Å². The average molecular weight is 265 g/mol. The molecule has 0 unspecified atom stereocenters. The van der Waals surface area contributed by atoms with Gasteiger partial charge in [-0.15, -0.1) is 0 Å². The summed E-state index contributed by atoms with van der Waals surface area (Å²) in [6, 6.07) is 1.21. The van der Waals surface area contributed by atoms with E-state index in [2.05, 4.69) is 4.74 Å². The van der Waals surface area contributed by atoms with Crippen molar-refractivity contribution in [2.24, 2.45) is 0 Å². The number of esters is 1. The van der Waals surface area contributed by atoms with Gasteiger partial charge in [0.25, 0.3) is 0 Å². The largest absolute Gasteiger partial charge is 0.469 e. The van der Waals surface area contributed by atoms with Crippen LogP contribution in [0.15, 0.2) is 15.3 Å². The van der Waals surface area contributed by atoms with Gasteiger partial charge >= 0.3 is 5.97 Å². The summed E-state index contributed by atoms with van der Waals surface area (Å²) in [5.41, 5.74) is 0.0783. The van der Waals surface area contributed by atoms with Gasteiger partial charge in [-0.3, -0.25) is 9.59 Å². The highest BCUT2D eigenvalue weighted by molar-refractivity contribution is 6.43. The first-order chi connectivity index (χ1) is 7.45. The molecule has 0 amide bonds. The van der Waals surface area contributed by atoms with E-state index in [1.165, 1.54) is 13.2 Å². The number of carbonyl (C=O) groups is 1. The van der Waals surface area contributed by atoms with Crippen LogP contribution in [0.4, 0.5) is 0 Å². The maximum absolute atomic E-state index is 11.5. The quantitative estimate of drug-likeness (QED) is 0.620. The topological polar surface area (TPSA) is 56.5 Å². The molecule has 0 bridgehead atoms. The van der Waals surface area contributed by atoms with E-state index in [0.29, 0.717) is 5.56 Å². The number of methoxy groups -OCH3 is 1. The fourth-order valence-corrected chi connectivity index (χ4v) is 1.32. The monoisotopic (exact) mass is 264 g/mol. The molecule has 0 N–H and O–H groups in total. The summed E-state index contributed by atoms with van der Waals surface area (Å²) >= 11 is 11.2. The lowest BCUT2D eigenvalue weighted by Gasteiger charge is -2.06. The van der Waals surface area contributed by atoms with Crippen molar-refractivity contribution in [2.45, 2.75) is 18.2 Å². The number of alkyl halides is 2. The van der Waals surface area contributed by atoms with Crippen molar-refractivity contribution in [3.05, 3.63) is 33.4 Å². The Morgan fingerprint density at radius 2 is 2.19 bits per heavy atom. The van der Waals surface area contributed by atoms with Crippen molar-refractivity contribution in [3.8, 4) is 0 Å². The minimum atomic E-state index is -0.940. The SMILES string of the molecule is COC(=O)Cc1oc(C(Cl)Cl)cc(=O)c1C. The van der Waals surface area contributed by atoms with E-state index in [9.17, 15) is 9.59 Å². The normalized spacial score (nSPS) is 10.6. The Morgan fingerprint density at radius 1 is 1.56 bits per heavy atom. The second-order valence-electron chi connectivity index (χ2n) is 3.11. The third-order valence-electron chi connectivity index (χ3n) is 2.05. The van der Waals surface area contributed by atoms with E-state index in [0.717, 1.165) is 0 Å². The summed E-state index contributed by atoms with van der Waals surface area (Å²) < 4.78 is 9.74. The van der Waals surface area contributed by atoms with Crippen molar-refractivity contribution >= 4 is 29.2 Å². The summed E-state index contributed by atoms with van der Waals surface area (Å²) in [5.74, 6) is -0.150. The van der Waals surface area contributed by atoms with E-state index in [-0.39, 0.29) is 23.4 Å². The molecule has 1 aromatic heterocycles. The molecule has 0 saturated heterocycles. The predicted molar refractivity (Wildman–Crippen MR) is 59.9 cm³/mol. The summed E-state index contributed by atoms with van der Waals surface area (Å²) in [5, 5.41) is 0. The maximum atomic E-state index is 11.5. The van der Waals surface area contributed by atoms with Crippen molar-refractivity contribution in [2.75, 3.05) is 7.11 Å². The Kier molecular flexibility index (Phi) is 4.38. The minimum Gasteiger partial charge on any atom is -0.469 e. The third kappa shape index (κ3) is 3.00. The van der Waals surface area contributed by atoms with Crippen LogP contribution < -0.4 is 5.43 Å². The second kappa shape index (κ2) is 5.37. The van der Waals surface area contributed by atoms with E-state index in [1.54, 1.807) is 6.92 Å². The number of hydrogen-bond acceptors (Lipinski definition) is 4. The third-order valence-corrected chi connectivity index (χ3v) is 2.48. The first kappa shape index (κ1) is 13.1. The molecule has 0 aliphatic heterocycles. The molecule has 0 aliphatic rings. The number of carbonyl (C=O) groups excluding carboxylic acids is 1. The van der Waals surface area contributed by atoms with Crippen molar-refractivity contribution in [1.82, 2.24) is 0 Å². The van der Waals surface area contributed by atoms with Gasteiger partial charge in [-0.05, 0) is 6.92 Å². The molecule has 0 fully saturated rings. The Morgan fingerprint density at radius 3 is 2.69 bits per heavy atom. The average Bonchev–Trinajstić information content (AvgIpc) is 2.23. The summed E-state index contributed by atoms with van der Waals surface area (Å²) in [4.78, 5) is 21.6. The van der Waals surface area contributed by atoms with Crippen molar-refractivity contribution < 1.29 is 13.9 Å². The Bertz CT molecular complexity index is 451. The molecule has 1 heterocycles. The number of halogens is 2. The molecule has 0 aromatic carbocycles. The van der Waals surface area contributed by atoms with Gasteiger partial charge in [0, 0.05) is 11.6 Å². The Labute approximate surface area is 102 Å². The van der Waals surface area contributed by atoms with Crippen LogP contribution in [0.3, 0.4) is 0 Å². The van der Waals surface area contributed by atoms with Gasteiger partial charge in [0.1, 0.15) is 17.9 Å². The molecule has 6 heteroatoms. The molecule has 1 rings (SSSR count). The predicted octanol–water partition coefficient (Wildman–Crippen LogP) is 2.14. The first-order valence-corrected chi connectivity index (χ1v) is 5.31.